The van der Waals surface area contributed by atoms with Gasteiger partial charge in [0.25, 0.3) is 0 Å². The number of anilines is 1. The van der Waals surface area contributed by atoms with Crippen LogP contribution in [0.2, 0.25) is 0 Å². The van der Waals surface area contributed by atoms with Crippen molar-refractivity contribution in [1.82, 2.24) is 0 Å². The second-order valence-corrected chi connectivity index (χ2v) is 5.37. The Bertz CT molecular complexity index is 321. The van der Waals surface area contributed by atoms with Crippen LogP contribution in [0.15, 0.2) is 24.3 Å². The van der Waals surface area contributed by atoms with E-state index in [1.54, 1.807) is 0 Å². The maximum absolute atomic E-state index is 12.8. The van der Waals surface area contributed by atoms with Crippen LogP contribution in [-0.2, 0) is 0 Å². The molecule has 1 rings (SSSR count). The van der Waals surface area contributed by atoms with Crippen molar-refractivity contribution < 1.29 is 4.39 Å². The van der Waals surface area contributed by atoms with Crippen molar-refractivity contribution in [1.29, 1.82) is 0 Å². The second kappa shape index (κ2) is 9.82. The van der Waals surface area contributed by atoms with Gasteiger partial charge in [-0.15, -0.1) is 0 Å². The molecule has 0 fully saturated rings. The van der Waals surface area contributed by atoms with Gasteiger partial charge in [-0.2, -0.15) is 0 Å². The van der Waals surface area contributed by atoms with Crippen LogP contribution in [0.1, 0.15) is 58.3 Å². The van der Waals surface area contributed by atoms with Gasteiger partial charge < -0.3 is 4.90 Å². The number of halogens is 1. The predicted molar refractivity (Wildman–Crippen MR) is 82.3 cm³/mol. The van der Waals surface area contributed by atoms with Gasteiger partial charge in [0.15, 0.2) is 0 Å². The molecule has 0 aliphatic heterocycles. The van der Waals surface area contributed by atoms with Crippen molar-refractivity contribution in [3.05, 3.63) is 30.1 Å². The zero-order chi connectivity index (χ0) is 13.9. The number of benzene rings is 1. The summed E-state index contributed by atoms with van der Waals surface area (Å²) in [5.41, 5.74) is 1.10. The van der Waals surface area contributed by atoms with E-state index in [1.807, 2.05) is 12.1 Å². The molecule has 0 saturated carbocycles. The molecule has 1 nitrogen and oxygen atoms in total. The minimum atomic E-state index is -0.163. The minimum Gasteiger partial charge on any atom is -0.375 e. The van der Waals surface area contributed by atoms with E-state index in [-0.39, 0.29) is 5.82 Å². The lowest BCUT2D eigenvalue weighted by atomic mass is 10.1. The molecule has 0 N–H and O–H groups in total. The SMILES string of the molecule is CCCCCCCCCCN(C)c1ccc(F)cc1. The summed E-state index contributed by atoms with van der Waals surface area (Å²) in [5, 5.41) is 0. The molecule has 0 atom stereocenters. The molecule has 0 amide bonds. The summed E-state index contributed by atoms with van der Waals surface area (Å²) in [7, 11) is 2.08. The van der Waals surface area contributed by atoms with Crippen LogP contribution < -0.4 is 4.90 Å². The van der Waals surface area contributed by atoms with Crippen LogP contribution >= 0.6 is 0 Å². The fraction of sp³-hybridized carbons (Fsp3) is 0.647. The summed E-state index contributed by atoms with van der Waals surface area (Å²) < 4.78 is 12.8. The third-order valence-electron chi connectivity index (χ3n) is 3.61. The van der Waals surface area contributed by atoms with Crippen LogP contribution in [0.4, 0.5) is 10.1 Å². The average molecular weight is 265 g/mol. The Morgan fingerprint density at radius 3 is 1.95 bits per heavy atom. The van der Waals surface area contributed by atoms with E-state index >= 15 is 0 Å². The maximum Gasteiger partial charge on any atom is 0.123 e. The van der Waals surface area contributed by atoms with Gasteiger partial charge in [0.05, 0.1) is 0 Å². The molecule has 2 heteroatoms. The largest absolute Gasteiger partial charge is 0.375 e. The average Bonchev–Trinajstić information content (AvgIpc) is 2.42. The fourth-order valence-electron chi connectivity index (χ4n) is 2.31. The standard InChI is InChI=1S/C17H28FN/c1-3-4-5-6-7-8-9-10-15-19(2)17-13-11-16(18)12-14-17/h11-14H,3-10,15H2,1-2H3. The molecule has 0 heterocycles. The lowest BCUT2D eigenvalue weighted by Gasteiger charge is -2.19. The van der Waals surface area contributed by atoms with E-state index in [0.717, 1.165) is 12.2 Å². The minimum absolute atomic E-state index is 0.163. The van der Waals surface area contributed by atoms with Crippen molar-refractivity contribution in [2.45, 2.75) is 58.3 Å². The smallest absolute Gasteiger partial charge is 0.123 e. The third-order valence-corrected chi connectivity index (χ3v) is 3.61. The number of unbranched alkanes of at least 4 members (excludes halogenated alkanes) is 7. The first-order chi connectivity index (χ1) is 9.24. The molecule has 0 radical (unpaired) electrons. The van der Waals surface area contributed by atoms with Gasteiger partial charge in [0.1, 0.15) is 5.82 Å². The van der Waals surface area contributed by atoms with Crippen molar-refractivity contribution in [3.8, 4) is 0 Å². The second-order valence-electron chi connectivity index (χ2n) is 5.37. The Kier molecular flexibility index (Phi) is 8.28. The molecule has 19 heavy (non-hydrogen) atoms. The molecule has 0 unspecified atom stereocenters. The first-order valence-corrected chi connectivity index (χ1v) is 7.70. The van der Waals surface area contributed by atoms with E-state index in [2.05, 4.69) is 18.9 Å². The molecule has 0 saturated heterocycles. The third kappa shape index (κ3) is 7.19. The van der Waals surface area contributed by atoms with Crippen molar-refractivity contribution in [2.24, 2.45) is 0 Å². The van der Waals surface area contributed by atoms with Crippen molar-refractivity contribution in [3.63, 3.8) is 0 Å². The summed E-state index contributed by atoms with van der Waals surface area (Å²) in [6.07, 6.45) is 10.7. The van der Waals surface area contributed by atoms with Crippen LogP contribution in [0.3, 0.4) is 0 Å². The summed E-state index contributed by atoms with van der Waals surface area (Å²) in [6.45, 7) is 3.31. The molecule has 1 aromatic carbocycles. The summed E-state index contributed by atoms with van der Waals surface area (Å²) in [4.78, 5) is 2.20. The van der Waals surface area contributed by atoms with E-state index in [0.29, 0.717) is 0 Å². The van der Waals surface area contributed by atoms with Crippen LogP contribution in [0, 0.1) is 5.82 Å². The molecule has 0 bridgehead atoms. The molecule has 0 aliphatic rings. The zero-order valence-corrected chi connectivity index (χ0v) is 12.5. The number of nitrogens with zero attached hydrogens (tertiary/aromatic N) is 1. The number of hydrogen-bond donors (Lipinski definition) is 0. The van der Waals surface area contributed by atoms with Crippen LogP contribution in [0.5, 0.6) is 0 Å². The van der Waals surface area contributed by atoms with Gasteiger partial charge in [0, 0.05) is 19.3 Å². The first kappa shape index (κ1) is 16.0. The maximum atomic E-state index is 12.8. The quantitative estimate of drug-likeness (QED) is 0.512. The van der Waals surface area contributed by atoms with E-state index in [4.69, 9.17) is 0 Å². The molecule has 0 spiro atoms. The van der Waals surface area contributed by atoms with Gasteiger partial charge in [0.2, 0.25) is 0 Å². The predicted octanol–water partition coefficient (Wildman–Crippen LogP) is 5.40. The summed E-state index contributed by atoms with van der Waals surface area (Å²) in [5.74, 6) is -0.163. The van der Waals surface area contributed by atoms with Crippen molar-refractivity contribution >= 4 is 5.69 Å². The molecule has 0 aromatic heterocycles. The fourth-order valence-corrected chi connectivity index (χ4v) is 2.31. The van der Waals surface area contributed by atoms with Gasteiger partial charge >= 0.3 is 0 Å². The Morgan fingerprint density at radius 2 is 1.37 bits per heavy atom. The molecule has 1 aromatic rings. The monoisotopic (exact) mass is 265 g/mol. The Hall–Kier alpha value is -1.05. The van der Waals surface area contributed by atoms with E-state index in [1.165, 1.54) is 63.5 Å². The molecular weight excluding hydrogens is 237 g/mol. The Morgan fingerprint density at radius 1 is 0.842 bits per heavy atom. The van der Waals surface area contributed by atoms with Gasteiger partial charge in [-0.05, 0) is 30.7 Å². The van der Waals surface area contributed by atoms with Crippen LogP contribution in [-0.4, -0.2) is 13.6 Å². The highest BCUT2D eigenvalue weighted by atomic mass is 19.1. The highest BCUT2D eigenvalue weighted by molar-refractivity contribution is 5.45. The highest BCUT2D eigenvalue weighted by Crippen LogP contribution is 2.14. The highest BCUT2D eigenvalue weighted by Gasteiger charge is 2.00. The lowest BCUT2D eigenvalue weighted by molar-refractivity contribution is 0.575. The van der Waals surface area contributed by atoms with Gasteiger partial charge in [-0.3, -0.25) is 0 Å². The van der Waals surface area contributed by atoms with Crippen LogP contribution in [0.25, 0.3) is 0 Å². The topological polar surface area (TPSA) is 3.24 Å². The zero-order valence-electron chi connectivity index (χ0n) is 12.5. The number of rotatable bonds is 10. The van der Waals surface area contributed by atoms with E-state index in [9.17, 15) is 4.39 Å². The first-order valence-electron chi connectivity index (χ1n) is 7.70. The van der Waals surface area contributed by atoms with Gasteiger partial charge in [-0.25, -0.2) is 4.39 Å². The van der Waals surface area contributed by atoms with E-state index < -0.39 is 0 Å². The summed E-state index contributed by atoms with van der Waals surface area (Å²) in [6, 6.07) is 6.75. The number of hydrogen-bond acceptors (Lipinski definition) is 1. The normalized spacial score (nSPS) is 10.7. The molecular formula is C17H28FN. The summed E-state index contributed by atoms with van der Waals surface area (Å²) >= 11 is 0. The van der Waals surface area contributed by atoms with Gasteiger partial charge in [-0.1, -0.05) is 51.9 Å². The van der Waals surface area contributed by atoms with Crippen molar-refractivity contribution in [2.75, 3.05) is 18.5 Å². The molecule has 108 valence electrons. The Balaban J connectivity index is 2.04. The Labute approximate surface area is 117 Å². The lowest BCUT2D eigenvalue weighted by Crippen LogP contribution is -2.18. The molecule has 0 aliphatic carbocycles.